The molecule has 1 aliphatic heterocycles. The summed E-state index contributed by atoms with van der Waals surface area (Å²) in [6.45, 7) is 4.33. The highest BCUT2D eigenvalue weighted by atomic mass is 32.1. The lowest BCUT2D eigenvalue weighted by atomic mass is 10.0. The number of thiophene rings is 1. The van der Waals surface area contributed by atoms with Crippen LogP contribution in [0.1, 0.15) is 36.2 Å². The summed E-state index contributed by atoms with van der Waals surface area (Å²) in [6, 6.07) is 8.27. The average molecular weight is 463 g/mol. The summed E-state index contributed by atoms with van der Waals surface area (Å²) in [4.78, 5) is 18.6. The molecule has 1 N–H and O–H groups in total. The second-order valence-corrected chi connectivity index (χ2v) is 9.40. The summed E-state index contributed by atoms with van der Waals surface area (Å²) < 4.78 is 24.8. The minimum atomic E-state index is -0.611. The molecule has 0 bridgehead atoms. The van der Waals surface area contributed by atoms with E-state index in [0.717, 1.165) is 24.8 Å². The molecule has 0 saturated heterocycles. The van der Waals surface area contributed by atoms with Crippen molar-refractivity contribution in [3.63, 3.8) is 0 Å². The third-order valence-electron chi connectivity index (χ3n) is 5.98. The van der Waals surface area contributed by atoms with E-state index >= 15 is 0 Å². The zero-order valence-electron chi connectivity index (χ0n) is 18.4. The minimum absolute atomic E-state index is 0.0326. The van der Waals surface area contributed by atoms with Gasteiger partial charge in [0.2, 0.25) is 5.91 Å². The maximum Gasteiger partial charge on any atom is 0.237 e. The van der Waals surface area contributed by atoms with E-state index in [1.54, 1.807) is 23.5 Å². The van der Waals surface area contributed by atoms with Crippen molar-refractivity contribution in [1.29, 1.82) is 0 Å². The molecule has 0 unspecified atom stereocenters. The van der Waals surface area contributed by atoms with Crippen LogP contribution in [0, 0.1) is 5.82 Å². The van der Waals surface area contributed by atoms with Crippen molar-refractivity contribution in [2.24, 2.45) is 0 Å². The van der Waals surface area contributed by atoms with Crippen molar-refractivity contribution < 1.29 is 23.8 Å². The lowest BCUT2D eigenvalue weighted by molar-refractivity contribution is -0.136. The number of carbonyl (C=O) groups excluding carboxylic acids is 1. The first-order chi connectivity index (χ1) is 15.5. The number of rotatable bonds is 11. The van der Waals surface area contributed by atoms with Crippen LogP contribution in [0.4, 0.5) is 4.39 Å². The Hall–Kier alpha value is -2.00. The Balaban J connectivity index is 1.44. The third-order valence-corrected chi connectivity index (χ3v) is 6.98. The Bertz CT molecular complexity index is 904. The summed E-state index contributed by atoms with van der Waals surface area (Å²) in [5.41, 5.74) is 1.11. The molecule has 1 aromatic heterocycles. The van der Waals surface area contributed by atoms with E-state index in [9.17, 15) is 14.3 Å². The van der Waals surface area contributed by atoms with Crippen molar-refractivity contribution in [3.05, 3.63) is 52.0 Å². The molecule has 8 heteroatoms. The monoisotopic (exact) mass is 462 g/mol. The van der Waals surface area contributed by atoms with Gasteiger partial charge in [0.25, 0.3) is 0 Å². The standard InChI is InChI=1S/C24H31FN2O4S/c1-2-30-15-19(28)13-26(18-6-7-18)14-24(29)27-10-8-23-21(9-11-32-23)22(27)16-31-20-5-3-4-17(25)12-20/h3-5,9,11-12,18-19,22,28H,2,6-8,10,13-16H2,1H3/t19-,22-/m1/s1. The summed E-state index contributed by atoms with van der Waals surface area (Å²) in [5.74, 6) is 0.143. The third kappa shape index (κ3) is 5.86. The van der Waals surface area contributed by atoms with E-state index < -0.39 is 6.10 Å². The number of nitrogens with zero attached hydrogens (tertiary/aromatic N) is 2. The molecule has 174 valence electrons. The van der Waals surface area contributed by atoms with Crippen molar-refractivity contribution >= 4 is 17.2 Å². The number of carbonyl (C=O) groups is 1. The number of ether oxygens (including phenoxy) is 2. The van der Waals surface area contributed by atoms with Crippen LogP contribution in [0.25, 0.3) is 0 Å². The van der Waals surface area contributed by atoms with Crippen LogP contribution in [0.15, 0.2) is 35.7 Å². The number of fused-ring (bicyclic) bond motifs is 1. The van der Waals surface area contributed by atoms with Crippen molar-refractivity contribution in [1.82, 2.24) is 9.80 Å². The Morgan fingerprint density at radius 3 is 2.97 bits per heavy atom. The minimum Gasteiger partial charge on any atom is -0.491 e. The zero-order valence-corrected chi connectivity index (χ0v) is 19.2. The average Bonchev–Trinajstić information content (AvgIpc) is 3.52. The van der Waals surface area contributed by atoms with Crippen LogP contribution in [0.5, 0.6) is 5.75 Å². The molecule has 2 aromatic rings. The first kappa shape index (κ1) is 23.2. The fourth-order valence-electron chi connectivity index (χ4n) is 4.23. The van der Waals surface area contributed by atoms with Gasteiger partial charge in [-0.25, -0.2) is 4.39 Å². The van der Waals surface area contributed by atoms with E-state index in [2.05, 4.69) is 16.3 Å². The molecule has 32 heavy (non-hydrogen) atoms. The van der Waals surface area contributed by atoms with Gasteiger partial charge in [-0.2, -0.15) is 0 Å². The molecule has 2 atom stereocenters. The molecule has 1 saturated carbocycles. The maximum absolute atomic E-state index is 13.6. The second kappa shape index (κ2) is 10.7. The van der Waals surface area contributed by atoms with E-state index in [1.165, 1.54) is 17.0 Å². The number of hydrogen-bond donors (Lipinski definition) is 1. The Labute approximate surface area is 192 Å². The van der Waals surface area contributed by atoms with Gasteiger partial charge in [-0.3, -0.25) is 9.69 Å². The van der Waals surface area contributed by atoms with E-state index in [-0.39, 0.29) is 37.5 Å². The largest absolute Gasteiger partial charge is 0.491 e. The summed E-state index contributed by atoms with van der Waals surface area (Å²) in [7, 11) is 0. The van der Waals surface area contributed by atoms with Gasteiger partial charge < -0.3 is 19.5 Å². The first-order valence-electron chi connectivity index (χ1n) is 11.3. The quantitative estimate of drug-likeness (QED) is 0.556. The smallest absolute Gasteiger partial charge is 0.237 e. The van der Waals surface area contributed by atoms with Gasteiger partial charge >= 0.3 is 0 Å². The number of aliphatic hydroxyl groups is 1. The van der Waals surface area contributed by atoms with Gasteiger partial charge in [-0.1, -0.05) is 6.07 Å². The predicted molar refractivity (Wildman–Crippen MR) is 121 cm³/mol. The normalized spacial score (nSPS) is 19.1. The molecule has 2 heterocycles. The van der Waals surface area contributed by atoms with Gasteiger partial charge in [-0.15, -0.1) is 11.3 Å². The van der Waals surface area contributed by atoms with Crippen LogP contribution in [-0.2, 0) is 16.0 Å². The Morgan fingerprint density at radius 2 is 2.22 bits per heavy atom. The zero-order chi connectivity index (χ0) is 22.5. The molecule has 1 amide bonds. The van der Waals surface area contributed by atoms with Gasteiger partial charge in [0, 0.05) is 36.7 Å². The molecule has 2 aliphatic rings. The van der Waals surface area contributed by atoms with Gasteiger partial charge in [-0.05, 0) is 55.3 Å². The summed E-state index contributed by atoms with van der Waals surface area (Å²) in [6.07, 6.45) is 2.32. The van der Waals surface area contributed by atoms with Crippen LogP contribution in [0.3, 0.4) is 0 Å². The van der Waals surface area contributed by atoms with Crippen LogP contribution < -0.4 is 4.74 Å². The number of benzene rings is 1. The van der Waals surface area contributed by atoms with Crippen LogP contribution >= 0.6 is 11.3 Å². The SMILES string of the molecule is CCOC[C@H](O)CN(CC(=O)N1CCc2sccc2[C@H]1COc1cccc(F)c1)C1CC1. The van der Waals surface area contributed by atoms with Crippen LogP contribution in [-0.4, -0.2) is 72.4 Å². The second-order valence-electron chi connectivity index (χ2n) is 8.39. The Kier molecular flexibility index (Phi) is 7.78. The number of aliphatic hydroxyl groups excluding tert-OH is 1. The number of halogens is 1. The topological polar surface area (TPSA) is 62.2 Å². The lowest BCUT2D eigenvalue weighted by Gasteiger charge is -2.37. The fourth-order valence-corrected chi connectivity index (χ4v) is 5.16. The Morgan fingerprint density at radius 1 is 1.38 bits per heavy atom. The molecule has 0 spiro atoms. The lowest BCUT2D eigenvalue weighted by Crippen LogP contribution is -2.48. The molecular formula is C24H31FN2O4S. The number of hydrogen-bond acceptors (Lipinski definition) is 6. The predicted octanol–water partition coefficient (Wildman–Crippen LogP) is 3.25. The first-order valence-corrected chi connectivity index (χ1v) is 12.2. The summed E-state index contributed by atoms with van der Waals surface area (Å²) >= 11 is 1.70. The van der Waals surface area contributed by atoms with Crippen molar-refractivity contribution in [2.75, 3.05) is 39.5 Å². The highest BCUT2D eigenvalue weighted by Crippen LogP contribution is 2.34. The molecule has 4 rings (SSSR count). The molecular weight excluding hydrogens is 431 g/mol. The van der Waals surface area contributed by atoms with Crippen molar-refractivity contribution in [2.45, 2.75) is 44.4 Å². The van der Waals surface area contributed by atoms with Crippen molar-refractivity contribution in [3.8, 4) is 5.75 Å². The van der Waals surface area contributed by atoms with Gasteiger partial charge in [0.15, 0.2) is 0 Å². The molecule has 1 fully saturated rings. The van der Waals surface area contributed by atoms with E-state index in [1.807, 2.05) is 11.8 Å². The van der Waals surface area contributed by atoms with Gasteiger partial charge in [0.05, 0.1) is 25.3 Å². The highest BCUT2D eigenvalue weighted by Gasteiger charge is 2.36. The van der Waals surface area contributed by atoms with E-state index in [0.29, 0.717) is 31.5 Å². The molecule has 1 aromatic carbocycles. The maximum atomic E-state index is 13.6. The van der Waals surface area contributed by atoms with Crippen LogP contribution in [0.2, 0.25) is 0 Å². The molecule has 6 nitrogen and oxygen atoms in total. The fraction of sp³-hybridized carbons (Fsp3) is 0.542. The number of amides is 1. The highest BCUT2D eigenvalue weighted by molar-refractivity contribution is 7.10. The summed E-state index contributed by atoms with van der Waals surface area (Å²) in [5, 5.41) is 12.3. The van der Waals surface area contributed by atoms with E-state index in [4.69, 9.17) is 9.47 Å². The molecule has 0 radical (unpaired) electrons. The molecule has 1 aliphatic carbocycles. The van der Waals surface area contributed by atoms with Gasteiger partial charge in [0.1, 0.15) is 18.2 Å².